The fraction of sp³-hybridized carbons (Fsp3) is 0.0103. The maximum absolute atomic E-state index is 2.60. The molecule has 22 rings (SSSR count). The monoisotopic (exact) mass is 1310 g/mol. The molecule has 0 saturated heterocycles. The third-order valence-corrected chi connectivity index (χ3v) is 22.0. The second kappa shape index (κ2) is 22.2. The topological polar surface area (TPSA) is 29.6 Å². The van der Waals surface area contributed by atoms with Crippen LogP contribution < -0.4 is 0 Å². The molecular formula is C97H62N6. The number of aryl methyl sites for hydroxylation is 1. The molecule has 0 saturated carbocycles. The first-order valence-electron chi connectivity index (χ1n) is 35.6. The molecule has 103 heavy (non-hydrogen) atoms. The van der Waals surface area contributed by atoms with Gasteiger partial charge in [0.25, 0.3) is 0 Å². The summed E-state index contributed by atoms with van der Waals surface area (Å²) in [7, 11) is 0. The van der Waals surface area contributed by atoms with Crippen molar-refractivity contribution in [2.45, 2.75) is 6.92 Å². The van der Waals surface area contributed by atoms with Crippen molar-refractivity contribution < 1.29 is 0 Å². The van der Waals surface area contributed by atoms with Crippen LogP contribution in [0.25, 0.3) is 198 Å². The molecule has 0 atom stereocenters. The van der Waals surface area contributed by atoms with Gasteiger partial charge in [-0.3, -0.25) is 0 Å². The van der Waals surface area contributed by atoms with Gasteiger partial charge in [-0.2, -0.15) is 0 Å². The molecular weight excluding hydrogens is 1250 g/mol. The van der Waals surface area contributed by atoms with Gasteiger partial charge in [0.2, 0.25) is 0 Å². The van der Waals surface area contributed by atoms with Crippen LogP contribution >= 0.6 is 0 Å². The molecule has 0 spiro atoms. The first-order chi connectivity index (χ1) is 51.1. The molecule has 0 unspecified atom stereocenters. The first-order valence-corrected chi connectivity index (χ1v) is 35.6. The minimum absolute atomic E-state index is 1.04. The zero-order valence-corrected chi connectivity index (χ0v) is 56.2. The molecule has 0 radical (unpaired) electrons. The number of hydrogen-bond acceptors (Lipinski definition) is 0. The van der Waals surface area contributed by atoms with Crippen LogP contribution in [-0.4, -0.2) is 27.4 Å². The number of rotatable bonds is 9. The van der Waals surface area contributed by atoms with Crippen LogP contribution in [0.4, 0.5) is 0 Å². The number of para-hydroxylation sites is 10. The van der Waals surface area contributed by atoms with Gasteiger partial charge in [0.15, 0.2) is 0 Å². The Kier molecular flexibility index (Phi) is 12.3. The van der Waals surface area contributed by atoms with Crippen molar-refractivity contribution in [1.82, 2.24) is 27.4 Å². The van der Waals surface area contributed by atoms with Crippen molar-refractivity contribution in [2.24, 2.45) is 0 Å². The van der Waals surface area contributed by atoms with Crippen molar-refractivity contribution in [3.63, 3.8) is 0 Å². The van der Waals surface area contributed by atoms with Crippen molar-refractivity contribution in [2.75, 3.05) is 0 Å². The fourth-order valence-corrected chi connectivity index (χ4v) is 17.7. The van der Waals surface area contributed by atoms with E-state index in [0.29, 0.717) is 0 Å². The zero-order valence-electron chi connectivity index (χ0n) is 56.2. The highest BCUT2D eigenvalue weighted by Crippen LogP contribution is 2.51. The highest BCUT2D eigenvalue weighted by Gasteiger charge is 2.32. The molecule has 0 aliphatic carbocycles. The van der Waals surface area contributed by atoms with Crippen LogP contribution in [0.3, 0.4) is 0 Å². The van der Waals surface area contributed by atoms with Gasteiger partial charge in [-0.05, 0) is 162 Å². The lowest BCUT2D eigenvalue weighted by Crippen LogP contribution is -2.13. The Bertz CT molecular complexity index is 6790. The zero-order chi connectivity index (χ0) is 67.5. The Morgan fingerprint density at radius 3 is 0.728 bits per heavy atom. The van der Waals surface area contributed by atoms with Gasteiger partial charge in [0, 0.05) is 81.6 Å². The SMILES string of the molecule is Cc1cccc(-c2c(-n3c4ccccc4c4ccccc43)c(-n3c4ccccc4c4cc(-c5ccc6c(c5)c5ccccc5n6-c5ccccc5)ccc43)cc(-n3c4ccccc4c4cc(-c5ccc6c(c5)c5ccccc5n6-c5ccccc5)ccc43)c2-n2c3ccccc3c3ccccc32)c1. The molecule has 0 fully saturated rings. The second-order valence-corrected chi connectivity index (χ2v) is 27.6. The Balaban J connectivity index is 0.876. The summed E-state index contributed by atoms with van der Waals surface area (Å²) in [6.07, 6.45) is 0. The van der Waals surface area contributed by atoms with E-state index in [1.54, 1.807) is 0 Å². The highest BCUT2D eigenvalue weighted by atomic mass is 15.1. The minimum Gasteiger partial charge on any atom is -0.309 e. The quantitative estimate of drug-likeness (QED) is 0.138. The van der Waals surface area contributed by atoms with Crippen molar-refractivity contribution in [3.8, 4) is 67.5 Å². The summed E-state index contributed by atoms with van der Waals surface area (Å²) < 4.78 is 15.2. The average Bonchev–Trinajstić information content (AvgIpc) is 1.54. The van der Waals surface area contributed by atoms with E-state index in [0.717, 1.165) is 101 Å². The molecule has 6 heteroatoms. The van der Waals surface area contributed by atoms with Gasteiger partial charge < -0.3 is 27.4 Å². The lowest BCUT2D eigenvalue weighted by atomic mass is 9.95. The number of fused-ring (bicyclic) bond motifs is 18. The van der Waals surface area contributed by atoms with E-state index in [4.69, 9.17) is 0 Å². The summed E-state index contributed by atoms with van der Waals surface area (Å²) in [5, 5.41) is 14.4. The molecule has 0 amide bonds. The van der Waals surface area contributed by atoms with Crippen molar-refractivity contribution in [1.29, 1.82) is 0 Å². The van der Waals surface area contributed by atoms with Gasteiger partial charge in [-0.15, -0.1) is 0 Å². The number of hydrogen-bond donors (Lipinski definition) is 0. The van der Waals surface area contributed by atoms with E-state index in [1.165, 1.54) is 103 Å². The minimum atomic E-state index is 1.04. The molecule has 0 aliphatic rings. The van der Waals surface area contributed by atoms with E-state index in [9.17, 15) is 0 Å². The normalized spacial score (nSPS) is 12.1. The largest absolute Gasteiger partial charge is 0.309 e. The Morgan fingerprint density at radius 2 is 0.417 bits per heavy atom. The van der Waals surface area contributed by atoms with E-state index in [2.05, 4.69) is 392 Å². The molecule has 6 nitrogen and oxygen atoms in total. The Labute approximate surface area is 592 Å². The average molecular weight is 1310 g/mol. The summed E-state index contributed by atoms with van der Waals surface area (Å²) >= 11 is 0. The second-order valence-electron chi connectivity index (χ2n) is 27.6. The predicted molar refractivity (Wildman–Crippen MR) is 434 cm³/mol. The Hall–Kier alpha value is -13.7. The molecule has 16 aromatic carbocycles. The third kappa shape index (κ3) is 8.37. The van der Waals surface area contributed by atoms with E-state index in [-0.39, 0.29) is 0 Å². The molecule has 0 aliphatic heterocycles. The highest BCUT2D eigenvalue weighted by molar-refractivity contribution is 6.19. The van der Waals surface area contributed by atoms with Gasteiger partial charge in [-0.25, -0.2) is 0 Å². The summed E-state index contributed by atoms with van der Waals surface area (Å²) in [4.78, 5) is 0. The van der Waals surface area contributed by atoms with Gasteiger partial charge >= 0.3 is 0 Å². The van der Waals surface area contributed by atoms with E-state index < -0.39 is 0 Å². The summed E-state index contributed by atoms with van der Waals surface area (Å²) in [5.41, 5.74) is 28.2. The van der Waals surface area contributed by atoms with Crippen molar-refractivity contribution >= 4 is 131 Å². The molecule has 22 aromatic rings. The smallest absolute Gasteiger partial charge is 0.0804 e. The van der Waals surface area contributed by atoms with Gasteiger partial charge in [0.05, 0.1) is 88.9 Å². The predicted octanol–water partition coefficient (Wildman–Crippen LogP) is 25.6. The molecule has 6 heterocycles. The summed E-state index contributed by atoms with van der Waals surface area (Å²) in [5.74, 6) is 0. The van der Waals surface area contributed by atoms with E-state index in [1.807, 2.05) is 0 Å². The molecule has 0 N–H and O–H groups in total. The van der Waals surface area contributed by atoms with Gasteiger partial charge in [-0.1, -0.05) is 236 Å². The fourth-order valence-electron chi connectivity index (χ4n) is 17.7. The summed E-state index contributed by atoms with van der Waals surface area (Å²) in [6, 6.07) is 134. The first kappa shape index (κ1) is 57.2. The third-order valence-electron chi connectivity index (χ3n) is 22.0. The number of benzene rings is 16. The number of nitrogens with zero attached hydrogens (tertiary/aromatic N) is 6. The van der Waals surface area contributed by atoms with Crippen LogP contribution in [-0.2, 0) is 0 Å². The van der Waals surface area contributed by atoms with Crippen LogP contribution in [0.15, 0.2) is 358 Å². The summed E-state index contributed by atoms with van der Waals surface area (Å²) in [6.45, 7) is 2.24. The molecule has 6 aromatic heterocycles. The van der Waals surface area contributed by atoms with Crippen LogP contribution in [0.1, 0.15) is 5.56 Å². The molecule has 480 valence electrons. The van der Waals surface area contributed by atoms with Crippen LogP contribution in [0.2, 0.25) is 0 Å². The van der Waals surface area contributed by atoms with E-state index >= 15 is 0 Å². The van der Waals surface area contributed by atoms with Crippen molar-refractivity contribution in [3.05, 3.63) is 363 Å². The standard InChI is InChI=1S/C97H62N6/c1-61-25-24-26-66(55-61)95-96(102-85-43-20-8-31-69(85)70-32-9-21-44-86(70)102)93(100-83-41-18-14-37-75(83)79-58-64(49-53-91(79)100)62-47-51-89-77(56-62)73-35-12-16-39-81(73)98(89)67-27-4-2-5-28-67)60-94(97(95)103-87-45-22-10-33-71(87)72-34-11-23-46-88(72)103)101-84-42-19-15-38-76(84)80-59-65(50-54-92(80)101)63-48-52-90-78(57-63)74-36-13-17-40-82(74)99(90)68-29-6-3-7-30-68/h2-60H,1H3. The Morgan fingerprint density at radius 1 is 0.165 bits per heavy atom. The van der Waals surface area contributed by atoms with Crippen LogP contribution in [0, 0.1) is 6.92 Å². The maximum atomic E-state index is 2.60. The lowest BCUT2D eigenvalue weighted by molar-refractivity contribution is 1.05. The van der Waals surface area contributed by atoms with Crippen LogP contribution in [0.5, 0.6) is 0 Å². The van der Waals surface area contributed by atoms with Gasteiger partial charge in [0.1, 0.15) is 0 Å². The number of aromatic nitrogens is 6. The molecule has 0 bridgehead atoms. The maximum Gasteiger partial charge on any atom is 0.0804 e. The lowest BCUT2D eigenvalue weighted by Gasteiger charge is -2.28.